The van der Waals surface area contributed by atoms with Crippen LogP contribution < -0.4 is 5.32 Å². The zero-order chi connectivity index (χ0) is 15.0. The van der Waals surface area contributed by atoms with Gasteiger partial charge in [-0.15, -0.1) is 0 Å². The molecule has 1 heterocycles. The van der Waals surface area contributed by atoms with Crippen molar-refractivity contribution < 1.29 is 17.9 Å². The lowest BCUT2D eigenvalue weighted by Gasteiger charge is -2.19. The van der Waals surface area contributed by atoms with Crippen molar-refractivity contribution in [2.24, 2.45) is 0 Å². The van der Waals surface area contributed by atoms with Crippen LogP contribution in [-0.4, -0.2) is 7.05 Å². The van der Waals surface area contributed by atoms with Gasteiger partial charge in [-0.1, -0.05) is 18.2 Å². The summed E-state index contributed by atoms with van der Waals surface area (Å²) in [7, 11) is 1.65. The Morgan fingerprint density at radius 1 is 0.952 bits per heavy atom. The number of ether oxygens (including phenoxy) is 1. The molecule has 110 valence electrons. The third-order valence-corrected chi connectivity index (χ3v) is 3.72. The molecular weight excluding hydrogens is 279 g/mol. The smallest absolute Gasteiger partial charge is 0.161 e. The fourth-order valence-corrected chi connectivity index (χ4v) is 2.63. The number of fused-ring (bicyclic) bond motifs is 1. The summed E-state index contributed by atoms with van der Waals surface area (Å²) in [5.74, 6) is -3.02. The minimum absolute atomic E-state index is 0.0789. The molecule has 0 bridgehead atoms. The summed E-state index contributed by atoms with van der Waals surface area (Å²) in [5, 5.41) is 2.94. The molecule has 2 aromatic carbocycles. The molecule has 1 aliphatic heterocycles. The van der Waals surface area contributed by atoms with Crippen LogP contribution in [0.1, 0.15) is 28.3 Å². The highest BCUT2D eigenvalue weighted by Crippen LogP contribution is 2.29. The van der Waals surface area contributed by atoms with E-state index in [-0.39, 0.29) is 5.56 Å². The average molecular weight is 293 g/mol. The van der Waals surface area contributed by atoms with Crippen molar-refractivity contribution in [1.82, 2.24) is 5.32 Å². The van der Waals surface area contributed by atoms with E-state index < -0.39 is 23.5 Å². The van der Waals surface area contributed by atoms with E-state index in [1.165, 1.54) is 0 Å². The van der Waals surface area contributed by atoms with Crippen LogP contribution in [-0.2, 0) is 18.0 Å². The van der Waals surface area contributed by atoms with E-state index in [0.717, 1.165) is 22.8 Å². The lowest BCUT2D eigenvalue weighted by Crippen LogP contribution is -2.19. The summed E-state index contributed by atoms with van der Waals surface area (Å²) in [6.07, 6.45) is 0. The fraction of sp³-hybridized carbons (Fsp3) is 0.250. The molecule has 0 spiro atoms. The number of nitrogens with one attached hydrogen (secondary N) is 1. The zero-order valence-corrected chi connectivity index (χ0v) is 11.4. The van der Waals surface area contributed by atoms with Crippen LogP contribution in [0.15, 0.2) is 30.3 Å². The predicted octanol–water partition coefficient (Wildman–Crippen LogP) is 3.44. The van der Waals surface area contributed by atoms with Crippen molar-refractivity contribution in [3.63, 3.8) is 0 Å². The molecule has 2 aromatic rings. The zero-order valence-electron chi connectivity index (χ0n) is 11.4. The van der Waals surface area contributed by atoms with E-state index in [1.807, 2.05) is 18.2 Å². The molecule has 1 atom stereocenters. The van der Waals surface area contributed by atoms with E-state index in [9.17, 15) is 13.2 Å². The van der Waals surface area contributed by atoms with Gasteiger partial charge in [-0.2, -0.15) is 0 Å². The molecule has 1 N–H and O–H groups in total. The van der Waals surface area contributed by atoms with Crippen LogP contribution in [0.2, 0.25) is 0 Å². The Labute approximate surface area is 120 Å². The van der Waals surface area contributed by atoms with Crippen molar-refractivity contribution in [2.75, 3.05) is 7.05 Å². The van der Waals surface area contributed by atoms with Crippen molar-refractivity contribution >= 4 is 0 Å². The maximum absolute atomic E-state index is 14.0. The molecule has 0 saturated heterocycles. The first-order valence-electron chi connectivity index (χ1n) is 6.61. The average Bonchev–Trinajstić information content (AvgIpc) is 2.92. The Morgan fingerprint density at radius 2 is 1.67 bits per heavy atom. The first-order valence-corrected chi connectivity index (χ1v) is 6.61. The quantitative estimate of drug-likeness (QED) is 0.875. The van der Waals surface area contributed by atoms with Gasteiger partial charge in [0.2, 0.25) is 0 Å². The van der Waals surface area contributed by atoms with E-state index in [0.29, 0.717) is 19.3 Å². The second kappa shape index (κ2) is 5.50. The lowest BCUT2D eigenvalue weighted by atomic mass is 9.95. The van der Waals surface area contributed by atoms with Crippen LogP contribution in [0, 0.1) is 17.5 Å². The topological polar surface area (TPSA) is 21.3 Å². The minimum Gasteiger partial charge on any atom is -0.372 e. The largest absolute Gasteiger partial charge is 0.372 e. The Bertz CT molecular complexity index is 687. The summed E-state index contributed by atoms with van der Waals surface area (Å²) >= 11 is 0. The van der Waals surface area contributed by atoms with Gasteiger partial charge in [-0.25, -0.2) is 13.2 Å². The van der Waals surface area contributed by atoms with Gasteiger partial charge in [0.05, 0.1) is 19.3 Å². The second-order valence-corrected chi connectivity index (χ2v) is 5.03. The van der Waals surface area contributed by atoms with Gasteiger partial charge in [0.15, 0.2) is 11.6 Å². The van der Waals surface area contributed by atoms with E-state index in [2.05, 4.69) is 5.32 Å². The van der Waals surface area contributed by atoms with Gasteiger partial charge in [0, 0.05) is 11.6 Å². The third kappa shape index (κ3) is 2.54. The number of hydrogen-bond acceptors (Lipinski definition) is 2. The molecule has 21 heavy (non-hydrogen) atoms. The van der Waals surface area contributed by atoms with E-state index in [4.69, 9.17) is 4.74 Å². The summed E-state index contributed by atoms with van der Waals surface area (Å²) in [6, 6.07) is 6.59. The van der Waals surface area contributed by atoms with Gasteiger partial charge >= 0.3 is 0 Å². The molecule has 3 rings (SSSR count). The highest BCUT2D eigenvalue weighted by Gasteiger charge is 2.21. The summed E-state index contributed by atoms with van der Waals surface area (Å²) in [6.45, 7) is 1.08. The molecule has 0 radical (unpaired) electrons. The molecule has 0 aliphatic carbocycles. The SMILES string of the molecule is CNC(c1ccc2c(c1)COC2)c1cc(F)c(F)cc1F. The standard InChI is InChI=1S/C16H14F3NO/c1-20-16(12-5-14(18)15(19)6-13(12)17)9-2-3-10-7-21-8-11(10)4-9/h2-6,16,20H,7-8H2,1H3. The monoisotopic (exact) mass is 293 g/mol. The normalized spacial score (nSPS) is 15.0. The van der Waals surface area contributed by atoms with E-state index >= 15 is 0 Å². The van der Waals surface area contributed by atoms with E-state index in [1.54, 1.807) is 7.05 Å². The maximum Gasteiger partial charge on any atom is 0.161 e. The first-order chi connectivity index (χ1) is 10.1. The van der Waals surface area contributed by atoms with Gasteiger partial charge in [0.25, 0.3) is 0 Å². The molecule has 0 saturated carbocycles. The molecule has 5 heteroatoms. The summed E-state index contributed by atoms with van der Waals surface area (Å²) in [5.41, 5.74) is 3.00. The van der Waals surface area contributed by atoms with Crippen LogP contribution in [0.25, 0.3) is 0 Å². The summed E-state index contributed by atoms with van der Waals surface area (Å²) < 4.78 is 45.8. The van der Waals surface area contributed by atoms with Crippen molar-refractivity contribution in [3.8, 4) is 0 Å². The van der Waals surface area contributed by atoms with Crippen molar-refractivity contribution in [3.05, 3.63) is 70.0 Å². The Morgan fingerprint density at radius 3 is 2.43 bits per heavy atom. The van der Waals surface area contributed by atoms with Gasteiger partial charge in [0.1, 0.15) is 5.82 Å². The number of hydrogen-bond donors (Lipinski definition) is 1. The predicted molar refractivity (Wildman–Crippen MR) is 72.2 cm³/mol. The second-order valence-electron chi connectivity index (χ2n) is 5.03. The van der Waals surface area contributed by atoms with Crippen molar-refractivity contribution in [2.45, 2.75) is 19.3 Å². The first kappa shape index (κ1) is 14.1. The Hall–Kier alpha value is -1.85. The molecular formula is C16H14F3NO. The third-order valence-electron chi connectivity index (χ3n) is 3.72. The van der Waals surface area contributed by atoms with Gasteiger partial charge in [-0.05, 0) is 29.8 Å². The maximum atomic E-state index is 14.0. The molecule has 0 fully saturated rings. The summed E-state index contributed by atoms with van der Waals surface area (Å²) in [4.78, 5) is 0. The van der Waals surface area contributed by atoms with Crippen LogP contribution in [0.5, 0.6) is 0 Å². The molecule has 0 amide bonds. The van der Waals surface area contributed by atoms with Crippen LogP contribution >= 0.6 is 0 Å². The number of halogens is 3. The molecule has 0 aromatic heterocycles. The van der Waals surface area contributed by atoms with Gasteiger partial charge < -0.3 is 10.1 Å². The molecule has 1 unspecified atom stereocenters. The number of benzene rings is 2. The van der Waals surface area contributed by atoms with Crippen LogP contribution in [0.3, 0.4) is 0 Å². The van der Waals surface area contributed by atoms with Crippen LogP contribution in [0.4, 0.5) is 13.2 Å². The highest BCUT2D eigenvalue weighted by molar-refractivity contribution is 5.39. The van der Waals surface area contributed by atoms with Crippen molar-refractivity contribution in [1.29, 1.82) is 0 Å². The van der Waals surface area contributed by atoms with Gasteiger partial charge in [-0.3, -0.25) is 0 Å². The lowest BCUT2D eigenvalue weighted by molar-refractivity contribution is 0.134. The Balaban J connectivity index is 2.04. The Kier molecular flexibility index (Phi) is 3.69. The fourth-order valence-electron chi connectivity index (χ4n) is 2.63. The number of rotatable bonds is 3. The molecule has 2 nitrogen and oxygen atoms in total. The molecule has 1 aliphatic rings. The highest BCUT2D eigenvalue weighted by atomic mass is 19.2. The minimum atomic E-state index is -1.19.